The molecule has 6 nitrogen and oxygen atoms in total. The highest BCUT2D eigenvalue weighted by atomic mass is 35.5. The van der Waals surface area contributed by atoms with Crippen LogP contribution < -0.4 is 0 Å². The molecule has 0 aliphatic carbocycles. The van der Waals surface area contributed by atoms with E-state index in [1.54, 1.807) is 48.5 Å². The van der Waals surface area contributed by atoms with Crippen molar-refractivity contribution in [1.82, 2.24) is 4.90 Å². The van der Waals surface area contributed by atoms with E-state index in [0.717, 1.165) is 11.8 Å². The number of amidine groups is 1. The van der Waals surface area contributed by atoms with Gasteiger partial charge in [0, 0.05) is 10.6 Å². The van der Waals surface area contributed by atoms with Crippen molar-refractivity contribution in [2.24, 2.45) is 10.2 Å². The van der Waals surface area contributed by atoms with Crippen molar-refractivity contribution in [3.05, 3.63) is 91.7 Å². The summed E-state index contributed by atoms with van der Waals surface area (Å²) in [7, 11) is 0. The Morgan fingerprint density at radius 2 is 1.94 bits per heavy atom. The van der Waals surface area contributed by atoms with E-state index in [4.69, 9.17) is 39.2 Å². The van der Waals surface area contributed by atoms with Crippen molar-refractivity contribution in [3.8, 4) is 5.75 Å². The van der Waals surface area contributed by atoms with E-state index < -0.39 is 0 Å². The van der Waals surface area contributed by atoms with Gasteiger partial charge in [-0.1, -0.05) is 46.9 Å². The van der Waals surface area contributed by atoms with Gasteiger partial charge in [0.15, 0.2) is 5.17 Å². The Balaban J connectivity index is 1.67. The van der Waals surface area contributed by atoms with E-state index in [2.05, 4.69) is 10.2 Å². The number of furan rings is 1. The van der Waals surface area contributed by atoms with Gasteiger partial charge in [0.05, 0.1) is 34.0 Å². The minimum atomic E-state index is -0.276. The summed E-state index contributed by atoms with van der Waals surface area (Å²) in [6.45, 7) is 0.177. The van der Waals surface area contributed by atoms with Crippen LogP contribution in [0.2, 0.25) is 15.1 Å². The first-order valence-corrected chi connectivity index (χ1v) is 11.1. The molecule has 0 bridgehead atoms. The molecule has 3 aromatic rings. The monoisotopic (exact) mass is 505 g/mol. The molecule has 1 aliphatic rings. The molecule has 32 heavy (non-hydrogen) atoms. The smallest absolute Gasteiger partial charge is 0.267 e. The zero-order chi connectivity index (χ0) is 22.7. The molecule has 0 saturated carbocycles. The van der Waals surface area contributed by atoms with Crippen LogP contribution in [0.1, 0.15) is 16.9 Å². The van der Waals surface area contributed by atoms with E-state index in [1.807, 2.05) is 0 Å². The van der Waals surface area contributed by atoms with Crippen LogP contribution in [0.4, 0.5) is 0 Å². The fourth-order valence-electron chi connectivity index (χ4n) is 2.82. The van der Waals surface area contributed by atoms with Crippen LogP contribution in [0.25, 0.3) is 6.08 Å². The quantitative estimate of drug-likeness (QED) is 0.245. The summed E-state index contributed by atoms with van der Waals surface area (Å²) < 4.78 is 5.38. The molecule has 1 aliphatic heterocycles. The Hall–Kier alpha value is -2.71. The first-order valence-electron chi connectivity index (χ1n) is 9.19. The van der Waals surface area contributed by atoms with Gasteiger partial charge in [0.25, 0.3) is 5.91 Å². The SMILES string of the molecule is O=C1/C(=C/c2cccc(Cl)c2Cl)S/C(=N\N=C\c2cc(Cl)ccc2O)N1Cc1ccco1. The van der Waals surface area contributed by atoms with Gasteiger partial charge in [-0.2, -0.15) is 5.10 Å². The third-order valence-electron chi connectivity index (χ3n) is 4.38. The van der Waals surface area contributed by atoms with Gasteiger partial charge >= 0.3 is 0 Å². The number of halogens is 3. The van der Waals surface area contributed by atoms with Gasteiger partial charge in [-0.3, -0.25) is 9.69 Å². The molecular weight excluding hydrogens is 493 g/mol. The molecule has 162 valence electrons. The zero-order valence-electron chi connectivity index (χ0n) is 16.2. The molecule has 10 heteroatoms. The summed E-state index contributed by atoms with van der Waals surface area (Å²) in [5.41, 5.74) is 1.01. The predicted octanol–water partition coefficient (Wildman–Crippen LogP) is 6.45. The number of hydrogen-bond donors (Lipinski definition) is 1. The fraction of sp³-hybridized carbons (Fsp3) is 0.0455. The molecule has 0 spiro atoms. The number of benzene rings is 2. The maximum Gasteiger partial charge on any atom is 0.267 e. The lowest BCUT2D eigenvalue weighted by molar-refractivity contribution is -0.122. The zero-order valence-corrected chi connectivity index (χ0v) is 19.3. The van der Waals surface area contributed by atoms with Gasteiger partial charge in [-0.05, 0) is 59.8 Å². The Kier molecular flexibility index (Phi) is 6.91. The lowest BCUT2D eigenvalue weighted by Gasteiger charge is -2.12. The first-order chi connectivity index (χ1) is 15.4. The van der Waals surface area contributed by atoms with Crippen LogP contribution in [-0.2, 0) is 11.3 Å². The second kappa shape index (κ2) is 9.83. The summed E-state index contributed by atoms with van der Waals surface area (Å²) in [6.07, 6.45) is 4.55. The van der Waals surface area contributed by atoms with Gasteiger partial charge in [0.1, 0.15) is 11.5 Å². The molecule has 1 amide bonds. The number of nitrogens with zero attached hydrogens (tertiary/aromatic N) is 3. The number of carbonyl (C=O) groups is 1. The van der Waals surface area contributed by atoms with Crippen molar-refractivity contribution >= 4 is 69.9 Å². The van der Waals surface area contributed by atoms with Crippen molar-refractivity contribution in [1.29, 1.82) is 0 Å². The second-order valence-corrected chi connectivity index (χ2v) is 8.79. The van der Waals surface area contributed by atoms with E-state index >= 15 is 0 Å². The van der Waals surface area contributed by atoms with Gasteiger partial charge in [-0.25, -0.2) is 0 Å². The number of phenolic OH excluding ortho intramolecular Hbond substituents is 1. The average molecular weight is 507 g/mol. The first kappa shape index (κ1) is 22.5. The van der Waals surface area contributed by atoms with E-state index in [9.17, 15) is 9.90 Å². The minimum Gasteiger partial charge on any atom is -0.507 e. The molecule has 2 heterocycles. The van der Waals surface area contributed by atoms with E-state index in [1.165, 1.54) is 23.4 Å². The number of amides is 1. The van der Waals surface area contributed by atoms with Crippen LogP contribution in [-0.4, -0.2) is 27.3 Å². The van der Waals surface area contributed by atoms with Crippen LogP contribution in [0, 0.1) is 0 Å². The molecule has 1 fully saturated rings. The lowest BCUT2D eigenvalue weighted by Crippen LogP contribution is -2.28. The van der Waals surface area contributed by atoms with Gasteiger partial charge in [-0.15, -0.1) is 5.10 Å². The molecule has 0 radical (unpaired) electrons. The van der Waals surface area contributed by atoms with Crippen LogP contribution in [0.15, 0.2) is 74.3 Å². The van der Waals surface area contributed by atoms with Crippen LogP contribution >= 0.6 is 46.6 Å². The van der Waals surface area contributed by atoms with Crippen molar-refractivity contribution in [3.63, 3.8) is 0 Å². The molecule has 1 N–H and O–H groups in total. The number of hydrogen-bond acceptors (Lipinski definition) is 6. The Morgan fingerprint density at radius 3 is 2.72 bits per heavy atom. The van der Waals surface area contributed by atoms with Crippen molar-refractivity contribution in [2.75, 3.05) is 0 Å². The van der Waals surface area contributed by atoms with Crippen molar-refractivity contribution < 1.29 is 14.3 Å². The summed E-state index contributed by atoms with van der Waals surface area (Å²) in [4.78, 5) is 15.0. The fourth-order valence-corrected chi connectivity index (χ4v) is 4.29. The standard InChI is InChI=1S/C22H14Cl3N3O3S/c23-15-6-7-18(29)14(9-15)11-26-27-22-28(12-16-4-2-8-31-16)21(30)19(32-22)10-13-3-1-5-17(24)20(13)25/h1-11,29H,12H2/b19-10-,26-11+,27-22-. The lowest BCUT2D eigenvalue weighted by atomic mass is 10.2. The highest BCUT2D eigenvalue weighted by Gasteiger charge is 2.34. The summed E-state index contributed by atoms with van der Waals surface area (Å²) in [5, 5.41) is 19.7. The van der Waals surface area contributed by atoms with Crippen LogP contribution in [0.5, 0.6) is 5.75 Å². The Morgan fingerprint density at radius 1 is 1.09 bits per heavy atom. The van der Waals surface area contributed by atoms with Crippen LogP contribution in [0.3, 0.4) is 0 Å². The average Bonchev–Trinajstić information content (AvgIpc) is 3.38. The largest absolute Gasteiger partial charge is 0.507 e. The number of rotatable bonds is 5. The second-order valence-electron chi connectivity index (χ2n) is 6.55. The molecule has 4 rings (SSSR count). The van der Waals surface area contributed by atoms with Crippen molar-refractivity contribution in [2.45, 2.75) is 6.54 Å². The number of phenols is 1. The summed E-state index contributed by atoms with van der Waals surface area (Å²) >= 11 is 19.5. The maximum absolute atomic E-state index is 13.1. The molecule has 0 atom stereocenters. The minimum absolute atomic E-state index is 0.0112. The van der Waals surface area contributed by atoms with E-state index in [0.29, 0.717) is 42.0 Å². The van der Waals surface area contributed by atoms with Gasteiger partial charge in [0.2, 0.25) is 0 Å². The molecule has 2 aromatic carbocycles. The molecular formula is C22H14Cl3N3O3S. The summed E-state index contributed by atoms with van der Waals surface area (Å²) in [6, 6.07) is 13.3. The Labute approximate surface area is 202 Å². The highest BCUT2D eigenvalue weighted by molar-refractivity contribution is 8.18. The predicted molar refractivity (Wildman–Crippen MR) is 129 cm³/mol. The molecule has 0 unspecified atom stereocenters. The number of aromatic hydroxyl groups is 1. The topological polar surface area (TPSA) is 78.4 Å². The third-order valence-corrected chi connectivity index (χ3v) is 6.45. The Bertz CT molecular complexity index is 1260. The summed E-state index contributed by atoms with van der Waals surface area (Å²) in [5.74, 6) is 0.323. The van der Waals surface area contributed by atoms with E-state index in [-0.39, 0.29) is 18.2 Å². The normalized spacial score (nSPS) is 16.7. The maximum atomic E-state index is 13.1. The number of carbonyl (C=O) groups excluding carboxylic acids is 1. The number of thioether (sulfide) groups is 1. The van der Waals surface area contributed by atoms with Gasteiger partial charge < -0.3 is 9.52 Å². The molecule has 1 saturated heterocycles. The third kappa shape index (κ3) is 5.02. The highest BCUT2D eigenvalue weighted by Crippen LogP contribution is 2.36. The molecule has 1 aromatic heterocycles.